The third-order valence-electron chi connectivity index (χ3n) is 5.27. The van der Waals surface area contributed by atoms with Crippen LogP contribution < -0.4 is 10.6 Å². The minimum Gasteiger partial charge on any atom is -0.349 e. The van der Waals surface area contributed by atoms with Crippen molar-refractivity contribution in [2.75, 3.05) is 5.32 Å². The number of pyridine rings is 1. The van der Waals surface area contributed by atoms with Crippen molar-refractivity contribution in [2.45, 2.75) is 44.8 Å². The van der Waals surface area contributed by atoms with Gasteiger partial charge in [-0.3, -0.25) is 9.59 Å². The summed E-state index contributed by atoms with van der Waals surface area (Å²) in [5.74, 6) is -0.843. The van der Waals surface area contributed by atoms with E-state index in [9.17, 15) is 22.8 Å². The van der Waals surface area contributed by atoms with Crippen LogP contribution in [0.2, 0.25) is 5.02 Å². The smallest absolute Gasteiger partial charge is 0.349 e. The largest absolute Gasteiger partial charge is 0.417 e. The molecule has 2 N–H and O–H groups in total. The summed E-state index contributed by atoms with van der Waals surface area (Å²) in [7, 11) is 0. The molecule has 1 saturated carbocycles. The quantitative estimate of drug-likeness (QED) is 0.495. The van der Waals surface area contributed by atoms with Crippen molar-refractivity contribution in [3.63, 3.8) is 0 Å². The number of hydrogen-bond donors (Lipinski definition) is 2. The lowest BCUT2D eigenvalue weighted by atomic mass is 10.0. The van der Waals surface area contributed by atoms with Gasteiger partial charge < -0.3 is 10.6 Å². The first-order chi connectivity index (χ1) is 16.0. The number of alkyl halides is 3. The van der Waals surface area contributed by atoms with Gasteiger partial charge in [0.2, 0.25) is 0 Å². The van der Waals surface area contributed by atoms with Crippen LogP contribution in [0.15, 0.2) is 42.7 Å². The first kappa shape index (κ1) is 23.7. The van der Waals surface area contributed by atoms with Gasteiger partial charge in [-0.15, -0.1) is 0 Å². The molecule has 178 valence electrons. The highest BCUT2D eigenvalue weighted by Crippen LogP contribution is 2.30. The predicted octanol–water partition coefficient (Wildman–Crippen LogP) is 5.21. The second-order valence-corrected chi connectivity index (χ2v) is 8.72. The van der Waals surface area contributed by atoms with Crippen molar-refractivity contribution in [3.05, 3.63) is 70.1 Å². The maximum atomic E-state index is 13.1. The summed E-state index contributed by atoms with van der Waals surface area (Å²) < 4.78 is 39.9. The predicted molar refractivity (Wildman–Crippen MR) is 120 cm³/mol. The molecule has 2 heterocycles. The molecule has 4 rings (SSSR count). The van der Waals surface area contributed by atoms with Gasteiger partial charge in [0.1, 0.15) is 0 Å². The number of benzene rings is 1. The van der Waals surface area contributed by atoms with E-state index < -0.39 is 17.6 Å². The third-order valence-corrected chi connectivity index (χ3v) is 5.60. The van der Waals surface area contributed by atoms with Gasteiger partial charge in [-0.25, -0.2) is 9.67 Å². The molecule has 0 spiro atoms. The maximum absolute atomic E-state index is 13.1. The van der Waals surface area contributed by atoms with Crippen LogP contribution in [-0.2, 0) is 6.18 Å². The molecule has 0 aliphatic heterocycles. The van der Waals surface area contributed by atoms with Gasteiger partial charge in [-0.05, 0) is 49.1 Å². The first-order valence-electron chi connectivity index (χ1n) is 10.6. The Morgan fingerprint density at radius 2 is 1.82 bits per heavy atom. The molecule has 2 amide bonds. The Labute approximate surface area is 198 Å². The average Bonchev–Trinajstić information content (AvgIpc) is 3.47. The fourth-order valence-electron chi connectivity index (χ4n) is 3.42. The number of halogens is 4. The lowest BCUT2D eigenvalue weighted by Gasteiger charge is -2.14. The molecular formula is C23H21ClF3N5O2. The second kappa shape index (κ2) is 9.09. The molecule has 2 aromatic heterocycles. The standard InChI is InChI=1S/C23H21ClF3N5O2/c1-12(2)20-17(11-29-32(20)19-8-3-13(10-28-19)23(25,26)27)22(34)31-15-6-7-18(24)16(9-15)21(33)30-14-4-5-14/h3,6-12,14H,4-5H2,1-2H3,(H,30,33)(H,31,34). The van der Waals surface area contributed by atoms with E-state index in [2.05, 4.69) is 20.7 Å². The van der Waals surface area contributed by atoms with Crippen molar-refractivity contribution in [3.8, 4) is 5.82 Å². The molecule has 1 aromatic carbocycles. The zero-order chi connectivity index (χ0) is 24.6. The Morgan fingerprint density at radius 3 is 2.41 bits per heavy atom. The summed E-state index contributed by atoms with van der Waals surface area (Å²) in [6, 6.07) is 6.86. The third kappa shape index (κ3) is 5.06. The first-order valence-corrected chi connectivity index (χ1v) is 11.0. The van der Waals surface area contributed by atoms with Gasteiger partial charge in [0.05, 0.1) is 33.6 Å². The van der Waals surface area contributed by atoms with E-state index in [4.69, 9.17) is 11.6 Å². The van der Waals surface area contributed by atoms with Crippen LogP contribution in [0.1, 0.15) is 64.6 Å². The van der Waals surface area contributed by atoms with Gasteiger partial charge in [-0.2, -0.15) is 18.3 Å². The Bertz CT molecular complexity index is 1230. The molecule has 0 radical (unpaired) electrons. The highest BCUT2D eigenvalue weighted by molar-refractivity contribution is 6.34. The zero-order valence-corrected chi connectivity index (χ0v) is 19.0. The molecule has 0 atom stereocenters. The molecule has 11 heteroatoms. The van der Waals surface area contributed by atoms with Crippen LogP contribution >= 0.6 is 11.6 Å². The van der Waals surface area contributed by atoms with Crippen LogP contribution in [0.25, 0.3) is 5.82 Å². The Morgan fingerprint density at radius 1 is 1.09 bits per heavy atom. The molecule has 1 fully saturated rings. The molecule has 34 heavy (non-hydrogen) atoms. The monoisotopic (exact) mass is 491 g/mol. The Kier molecular flexibility index (Phi) is 6.35. The van der Waals surface area contributed by atoms with Crippen LogP contribution in [0.4, 0.5) is 18.9 Å². The van der Waals surface area contributed by atoms with Crippen LogP contribution in [0.5, 0.6) is 0 Å². The number of carbonyl (C=O) groups excluding carboxylic acids is 2. The molecular weight excluding hydrogens is 471 g/mol. The average molecular weight is 492 g/mol. The fourth-order valence-corrected chi connectivity index (χ4v) is 3.62. The summed E-state index contributed by atoms with van der Waals surface area (Å²) in [4.78, 5) is 29.3. The minimum absolute atomic E-state index is 0.153. The number of hydrogen-bond acceptors (Lipinski definition) is 4. The summed E-state index contributed by atoms with van der Waals surface area (Å²) in [6.45, 7) is 3.66. The normalized spacial score (nSPS) is 13.7. The summed E-state index contributed by atoms with van der Waals surface area (Å²) in [5.41, 5.74) is 0.448. The Balaban J connectivity index is 1.59. The van der Waals surface area contributed by atoms with Crippen molar-refractivity contribution in [1.82, 2.24) is 20.1 Å². The lowest BCUT2D eigenvalue weighted by Crippen LogP contribution is -2.25. The Hall–Kier alpha value is -3.40. The molecule has 3 aromatic rings. The van der Waals surface area contributed by atoms with Crippen molar-refractivity contribution < 1.29 is 22.8 Å². The highest BCUT2D eigenvalue weighted by atomic mass is 35.5. The van der Waals surface area contributed by atoms with E-state index in [1.165, 1.54) is 29.1 Å². The van der Waals surface area contributed by atoms with Crippen molar-refractivity contribution >= 4 is 29.1 Å². The summed E-state index contributed by atoms with van der Waals surface area (Å²) >= 11 is 6.16. The van der Waals surface area contributed by atoms with Crippen LogP contribution in [0.3, 0.4) is 0 Å². The van der Waals surface area contributed by atoms with Crippen LogP contribution in [0, 0.1) is 0 Å². The fraction of sp³-hybridized carbons (Fsp3) is 0.304. The number of anilines is 1. The molecule has 0 saturated heterocycles. The van der Waals surface area contributed by atoms with E-state index in [1.54, 1.807) is 6.07 Å². The van der Waals surface area contributed by atoms with Gasteiger partial charge in [0.15, 0.2) is 5.82 Å². The number of rotatable bonds is 6. The number of amides is 2. The molecule has 1 aliphatic carbocycles. The SMILES string of the molecule is CC(C)c1c(C(=O)Nc2ccc(Cl)c(C(=O)NC3CC3)c2)cnn1-c1ccc(C(F)(F)F)cn1. The molecule has 1 aliphatic rings. The second-order valence-electron chi connectivity index (χ2n) is 8.31. The number of nitrogens with zero attached hydrogens (tertiary/aromatic N) is 3. The van der Waals surface area contributed by atoms with E-state index in [0.29, 0.717) is 11.4 Å². The van der Waals surface area contributed by atoms with Gasteiger partial charge in [0.25, 0.3) is 11.8 Å². The molecule has 0 unspecified atom stereocenters. The highest BCUT2D eigenvalue weighted by Gasteiger charge is 2.31. The summed E-state index contributed by atoms with van der Waals surface area (Å²) in [6.07, 6.45) is -0.594. The number of carbonyl (C=O) groups is 2. The van der Waals surface area contributed by atoms with Gasteiger partial charge in [-0.1, -0.05) is 25.4 Å². The van der Waals surface area contributed by atoms with Gasteiger partial charge in [0, 0.05) is 17.9 Å². The van der Waals surface area contributed by atoms with E-state index in [-0.39, 0.29) is 39.8 Å². The lowest BCUT2D eigenvalue weighted by molar-refractivity contribution is -0.137. The van der Waals surface area contributed by atoms with Crippen LogP contribution in [-0.4, -0.2) is 32.6 Å². The van der Waals surface area contributed by atoms with Crippen molar-refractivity contribution in [2.24, 2.45) is 0 Å². The number of aromatic nitrogens is 3. The topological polar surface area (TPSA) is 88.9 Å². The molecule has 7 nitrogen and oxygen atoms in total. The van der Waals surface area contributed by atoms with E-state index in [1.807, 2.05) is 13.8 Å². The zero-order valence-electron chi connectivity index (χ0n) is 18.3. The molecule has 0 bridgehead atoms. The maximum Gasteiger partial charge on any atom is 0.417 e. The summed E-state index contributed by atoms with van der Waals surface area (Å²) in [5, 5.41) is 10.0. The van der Waals surface area contributed by atoms with E-state index in [0.717, 1.165) is 25.1 Å². The number of nitrogens with one attached hydrogen (secondary N) is 2. The van der Waals surface area contributed by atoms with Crippen molar-refractivity contribution in [1.29, 1.82) is 0 Å². The van der Waals surface area contributed by atoms with E-state index >= 15 is 0 Å². The minimum atomic E-state index is -4.51. The van der Waals surface area contributed by atoms with Gasteiger partial charge >= 0.3 is 6.18 Å².